The summed E-state index contributed by atoms with van der Waals surface area (Å²) in [6, 6.07) is 8.88. The molecule has 0 heterocycles. The van der Waals surface area contributed by atoms with Crippen LogP contribution in [-0.4, -0.2) is 5.91 Å². The average molecular weight is 354 g/mol. The minimum absolute atomic E-state index is 0.224. The zero-order valence-corrected chi connectivity index (χ0v) is 13.5. The maximum atomic E-state index is 12.3. The normalized spacial score (nSPS) is 10.4. The van der Waals surface area contributed by atoms with Gasteiger partial charge in [-0.15, -0.1) is 0 Å². The molecule has 1 amide bonds. The molecule has 2 aromatic rings. The highest BCUT2D eigenvalue weighted by Gasteiger charge is 2.12. The lowest BCUT2D eigenvalue weighted by Gasteiger charge is -2.11. The Morgan fingerprint density at radius 2 is 1.90 bits per heavy atom. The fourth-order valence-corrected chi connectivity index (χ4v) is 2.61. The van der Waals surface area contributed by atoms with Crippen LogP contribution < -0.4 is 11.1 Å². The van der Waals surface area contributed by atoms with E-state index in [2.05, 4.69) is 21.2 Å². The van der Waals surface area contributed by atoms with Gasteiger partial charge >= 0.3 is 0 Å². The van der Waals surface area contributed by atoms with Gasteiger partial charge in [-0.05, 0) is 49.2 Å². The molecule has 2 aromatic carbocycles. The van der Waals surface area contributed by atoms with Crippen molar-refractivity contribution in [3.05, 3.63) is 56.5 Å². The highest BCUT2D eigenvalue weighted by Crippen LogP contribution is 2.27. The molecular weight excluding hydrogens is 340 g/mol. The molecule has 0 aliphatic heterocycles. The number of nitrogen functional groups attached to an aromatic ring is 1. The van der Waals surface area contributed by atoms with Crippen LogP contribution in [0.25, 0.3) is 0 Å². The molecule has 3 nitrogen and oxygen atoms in total. The number of hydrogen-bond acceptors (Lipinski definition) is 2. The van der Waals surface area contributed by atoms with Crippen LogP contribution in [0.15, 0.2) is 34.8 Å². The molecule has 0 bridgehead atoms. The molecular formula is C15H14BrClN2O. The van der Waals surface area contributed by atoms with Gasteiger partial charge in [-0.25, -0.2) is 0 Å². The number of amides is 1. The zero-order chi connectivity index (χ0) is 14.9. The Labute approximate surface area is 131 Å². The number of carbonyl (C=O) groups excluding carboxylic acids is 1. The van der Waals surface area contributed by atoms with E-state index in [0.29, 0.717) is 22.0 Å². The number of hydrogen-bond donors (Lipinski definition) is 2. The number of rotatable bonds is 2. The summed E-state index contributed by atoms with van der Waals surface area (Å²) in [5, 5.41) is 3.27. The van der Waals surface area contributed by atoms with Gasteiger partial charge < -0.3 is 11.1 Å². The molecule has 0 fully saturated rings. The second-order valence-corrected chi connectivity index (χ2v) is 5.92. The minimum atomic E-state index is -0.224. The fourth-order valence-electron chi connectivity index (χ4n) is 1.89. The van der Waals surface area contributed by atoms with Crippen molar-refractivity contribution >= 4 is 44.8 Å². The highest BCUT2D eigenvalue weighted by molar-refractivity contribution is 9.10. The first kappa shape index (κ1) is 14.9. The number of anilines is 2. The first-order valence-corrected chi connectivity index (χ1v) is 7.18. The molecule has 0 aliphatic rings. The maximum Gasteiger partial charge on any atom is 0.256 e. The summed E-state index contributed by atoms with van der Waals surface area (Å²) < 4.78 is 0.858. The van der Waals surface area contributed by atoms with E-state index in [1.54, 1.807) is 18.2 Å². The van der Waals surface area contributed by atoms with Gasteiger partial charge in [0.1, 0.15) is 0 Å². The van der Waals surface area contributed by atoms with E-state index in [9.17, 15) is 4.79 Å². The van der Waals surface area contributed by atoms with Crippen LogP contribution >= 0.6 is 27.5 Å². The van der Waals surface area contributed by atoms with Crippen LogP contribution in [0.2, 0.25) is 5.02 Å². The smallest absolute Gasteiger partial charge is 0.256 e. The molecule has 0 saturated carbocycles. The topological polar surface area (TPSA) is 55.1 Å². The molecule has 0 aliphatic carbocycles. The van der Waals surface area contributed by atoms with E-state index in [0.717, 1.165) is 15.6 Å². The Balaban J connectivity index is 2.31. The average Bonchev–Trinajstić information content (AvgIpc) is 2.37. The summed E-state index contributed by atoms with van der Waals surface area (Å²) in [6.45, 7) is 3.79. The zero-order valence-electron chi connectivity index (χ0n) is 11.1. The predicted octanol–water partition coefficient (Wildman–Crippen LogP) is 4.55. The molecule has 3 N–H and O–H groups in total. The van der Waals surface area contributed by atoms with Gasteiger partial charge in [0.05, 0.1) is 10.7 Å². The van der Waals surface area contributed by atoms with E-state index >= 15 is 0 Å². The number of halogens is 2. The molecule has 0 radical (unpaired) electrons. The number of nitrogens with two attached hydrogens (primary N) is 1. The summed E-state index contributed by atoms with van der Waals surface area (Å²) in [5.74, 6) is -0.224. The van der Waals surface area contributed by atoms with Crippen LogP contribution in [0.4, 0.5) is 11.4 Å². The summed E-state index contributed by atoms with van der Waals surface area (Å²) in [4.78, 5) is 12.3. The fraction of sp³-hybridized carbons (Fsp3) is 0.133. The number of carbonyl (C=O) groups is 1. The van der Waals surface area contributed by atoms with Crippen molar-refractivity contribution < 1.29 is 4.79 Å². The van der Waals surface area contributed by atoms with Crippen molar-refractivity contribution in [3.63, 3.8) is 0 Å². The van der Waals surface area contributed by atoms with E-state index < -0.39 is 0 Å². The van der Waals surface area contributed by atoms with Crippen LogP contribution in [-0.2, 0) is 0 Å². The summed E-state index contributed by atoms with van der Waals surface area (Å²) in [6.07, 6.45) is 0. The van der Waals surface area contributed by atoms with Crippen molar-refractivity contribution in [2.75, 3.05) is 11.1 Å². The van der Waals surface area contributed by atoms with Gasteiger partial charge in [0.2, 0.25) is 0 Å². The van der Waals surface area contributed by atoms with Gasteiger partial charge in [0.15, 0.2) is 0 Å². The van der Waals surface area contributed by atoms with Crippen molar-refractivity contribution in [2.24, 2.45) is 0 Å². The Bertz CT molecular complexity index is 686. The lowest BCUT2D eigenvalue weighted by atomic mass is 10.0. The molecule has 104 valence electrons. The van der Waals surface area contributed by atoms with Crippen LogP contribution in [0.3, 0.4) is 0 Å². The van der Waals surface area contributed by atoms with Crippen molar-refractivity contribution in [3.8, 4) is 0 Å². The molecule has 0 atom stereocenters. The summed E-state index contributed by atoms with van der Waals surface area (Å²) in [5.41, 5.74) is 9.41. The predicted molar refractivity (Wildman–Crippen MR) is 87.4 cm³/mol. The van der Waals surface area contributed by atoms with E-state index in [1.807, 2.05) is 26.0 Å². The molecule has 0 aromatic heterocycles. The molecule has 0 unspecified atom stereocenters. The third-order valence-corrected chi connectivity index (χ3v) is 3.84. The largest absolute Gasteiger partial charge is 0.398 e. The Kier molecular flexibility index (Phi) is 4.35. The Hall–Kier alpha value is -1.52. The lowest BCUT2D eigenvalue weighted by Crippen LogP contribution is -2.14. The van der Waals surface area contributed by atoms with Crippen molar-refractivity contribution in [1.29, 1.82) is 0 Å². The van der Waals surface area contributed by atoms with Gasteiger partial charge in [-0.2, -0.15) is 0 Å². The summed E-state index contributed by atoms with van der Waals surface area (Å²) in [7, 11) is 0. The first-order chi connectivity index (χ1) is 9.38. The molecule has 0 saturated heterocycles. The molecule has 2 rings (SSSR count). The van der Waals surface area contributed by atoms with Crippen molar-refractivity contribution in [1.82, 2.24) is 0 Å². The van der Waals surface area contributed by atoms with Gasteiger partial charge in [-0.1, -0.05) is 33.6 Å². The second-order valence-electron chi connectivity index (χ2n) is 4.60. The molecule has 5 heteroatoms. The van der Waals surface area contributed by atoms with Gasteiger partial charge in [0.25, 0.3) is 5.91 Å². The van der Waals surface area contributed by atoms with E-state index in [1.165, 1.54) is 0 Å². The SMILES string of the molecule is Cc1cc(C)c(C(=O)Nc2ccc(Br)cc2Cl)cc1N. The van der Waals surface area contributed by atoms with E-state index in [-0.39, 0.29) is 5.91 Å². The third-order valence-electron chi connectivity index (χ3n) is 3.04. The number of aryl methyl sites for hydroxylation is 2. The number of benzene rings is 2. The van der Waals surface area contributed by atoms with Crippen LogP contribution in [0, 0.1) is 13.8 Å². The molecule has 20 heavy (non-hydrogen) atoms. The molecule has 0 spiro atoms. The quantitative estimate of drug-likeness (QED) is 0.778. The summed E-state index contributed by atoms with van der Waals surface area (Å²) >= 11 is 9.41. The number of nitrogens with one attached hydrogen (secondary N) is 1. The van der Waals surface area contributed by atoms with Gasteiger partial charge in [-0.3, -0.25) is 4.79 Å². The maximum absolute atomic E-state index is 12.3. The second kappa shape index (κ2) is 5.85. The van der Waals surface area contributed by atoms with Crippen molar-refractivity contribution in [2.45, 2.75) is 13.8 Å². The Morgan fingerprint density at radius 3 is 2.55 bits per heavy atom. The highest BCUT2D eigenvalue weighted by atomic mass is 79.9. The first-order valence-electron chi connectivity index (χ1n) is 6.01. The third kappa shape index (κ3) is 3.14. The standard InChI is InChI=1S/C15H14BrClN2O/c1-8-5-9(2)13(18)7-11(8)15(20)19-14-4-3-10(16)6-12(14)17/h3-7H,18H2,1-2H3,(H,19,20). The van der Waals surface area contributed by atoms with E-state index in [4.69, 9.17) is 17.3 Å². The van der Waals surface area contributed by atoms with Crippen LogP contribution in [0.1, 0.15) is 21.5 Å². The van der Waals surface area contributed by atoms with Gasteiger partial charge in [0, 0.05) is 15.7 Å². The lowest BCUT2D eigenvalue weighted by molar-refractivity contribution is 0.102. The monoisotopic (exact) mass is 352 g/mol. The van der Waals surface area contributed by atoms with Crippen LogP contribution in [0.5, 0.6) is 0 Å². The minimum Gasteiger partial charge on any atom is -0.398 e. The Morgan fingerprint density at radius 1 is 1.20 bits per heavy atom.